The zero-order valence-electron chi connectivity index (χ0n) is 26.0. The van der Waals surface area contributed by atoms with Crippen molar-refractivity contribution in [2.24, 2.45) is 0 Å². The maximum atomic E-state index is 12.2. The molecule has 1 atom stereocenters. The van der Waals surface area contributed by atoms with Crippen LogP contribution in [-0.2, 0) is 17.8 Å². The highest BCUT2D eigenvalue weighted by Gasteiger charge is 2.40. The van der Waals surface area contributed by atoms with Gasteiger partial charge in [0.25, 0.3) is 5.69 Å². The maximum absolute atomic E-state index is 12.2. The Balaban J connectivity index is 2.87. The molecular formula is C27H51NO8Si3. The number of nitro groups is 1. The number of nitrogens with zero attached hydrogens (tertiary/aromatic N) is 1. The Hall–Kier alpha value is -1.74. The van der Waals surface area contributed by atoms with Crippen molar-refractivity contribution in [1.82, 2.24) is 0 Å². The topological polar surface area (TPSA) is 106 Å². The van der Waals surface area contributed by atoms with Crippen molar-refractivity contribution < 1.29 is 32.2 Å². The van der Waals surface area contributed by atoms with E-state index in [0.717, 1.165) is 31.7 Å². The van der Waals surface area contributed by atoms with Crippen LogP contribution in [0.2, 0.25) is 50.9 Å². The molecule has 0 aliphatic rings. The first-order valence-corrected chi connectivity index (χ1v) is 23.0. The molecule has 0 bridgehead atoms. The Bertz CT molecular complexity index is 953. The number of esters is 1. The molecule has 0 radical (unpaired) electrons. The number of methoxy groups -OCH3 is 1. The number of unbranched alkanes of at least 4 members (excludes halogenated alkanes) is 2. The highest BCUT2D eigenvalue weighted by Crippen LogP contribution is 2.39. The number of hydrogen-bond acceptors (Lipinski definition) is 8. The summed E-state index contributed by atoms with van der Waals surface area (Å²) < 4.78 is 30.1. The lowest BCUT2D eigenvalue weighted by Crippen LogP contribution is -2.53. The van der Waals surface area contributed by atoms with Crippen molar-refractivity contribution in [2.45, 2.75) is 117 Å². The number of carbonyl (C=O) groups excluding carboxylic acids is 1. The molecule has 9 nitrogen and oxygen atoms in total. The van der Waals surface area contributed by atoms with Crippen molar-refractivity contribution in [3.63, 3.8) is 0 Å². The van der Waals surface area contributed by atoms with Crippen LogP contribution in [0.5, 0.6) is 11.5 Å². The molecule has 0 heterocycles. The van der Waals surface area contributed by atoms with Gasteiger partial charge in [-0.15, -0.1) is 0 Å². The van der Waals surface area contributed by atoms with Crippen molar-refractivity contribution >= 4 is 36.9 Å². The Labute approximate surface area is 238 Å². The lowest BCUT2D eigenvalue weighted by atomic mass is 10.1. The molecule has 0 fully saturated rings. The maximum Gasteiger partial charge on any atom is 0.311 e. The van der Waals surface area contributed by atoms with Crippen LogP contribution in [0.15, 0.2) is 12.1 Å². The van der Waals surface area contributed by atoms with Crippen LogP contribution in [0.25, 0.3) is 0 Å². The van der Waals surface area contributed by atoms with E-state index in [2.05, 4.69) is 60.1 Å². The number of rotatable bonds is 18. The van der Waals surface area contributed by atoms with E-state index in [1.54, 1.807) is 6.92 Å². The van der Waals surface area contributed by atoms with Gasteiger partial charge in [-0.1, -0.05) is 33.6 Å². The molecule has 1 unspecified atom stereocenters. The van der Waals surface area contributed by atoms with Gasteiger partial charge in [0, 0.05) is 6.42 Å². The van der Waals surface area contributed by atoms with E-state index in [1.165, 1.54) is 19.2 Å². The van der Waals surface area contributed by atoms with Gasteiger partial charge in [-0.2, -0.15) is 0 Å². The third kappa shape index (κ3) is 12.1. The summed E-state index contributed by atoms with van der Waals surface area (Å²) in [5.41, 5.74) is 0.617. The van der Waals surface area contributed by atoms with Gasteiger partial charge in [-0.3, -0.25) is 14.9 Å². The van der Waals surface area contributed by atoms with E-state index in [1.807, 2.05) is 0 Å². The van der Waals surface area contributed by atoms with Gasteiger partial charge in [0.05, 0.1) is 30.3 Å². The minimum absolute atomic E-state index is 0.167. The Morgan fingerprint density at radius 2 is 1.62 bits per heavy atom. The number of carbonyl (C=O) groups is 1. The molecule has 0 aliphatic carbocycles. The summed E-state index contributed by atoms with van der Waals surface area (Å²) >= 11 is 0. The normalized spacial score (nSPS) is 13.3. The van der Waals surface area contributed by atoms with E-state index in [9.17, 15) is 14.9 Å². The summed E-state index contributed by atoms with van der Waals surface area (Å²) in [7, 11) is -4.64. The van der Waals surface area contributed by atoms with Crippen molar-refractivity contribution in [1.29, 1.82) is 0 Å². The van der Waals surface area contributed by atoms with Crippen LogP contribution in [0.3, 0.4) is 0 Å². The van der Waals surface area contributed by atoms with E-state index in [-0.39, 0.29) is 29.4 Å². The van der Waals surface area contributed by atoms with Crippen LogP contribution in [0, 0.1) is 10.1 Å². The van der Waals surface area contributed by atoms with Gasteiger partial charge < -0.3 is 22.4 Å². The fourth-order valence-electron chi connectivity index (χ4n) is 4.33. The fraction of sp³-hybridized carbons (Fsp3) is 0.741. The second-order valence-corrected chi connectivity index (χ2v) is 24.8. The Morgan fingerprint density at radius 3 is 2.15 bits per heavy atom. The quantitative estimate of drug-likeness (QED) is 0.0546. The van der Waals surface area contributed by atoms with Gasteiger partial charge in [-0.05, 0) is 76.7 Å². The third-order valence-corrected chi connectivity index (χ3v) is 19.4. The number of hydrogen-bond donors (Lipinski definition) is 0. The fourth-order valence-corrected chi connectivity index (χ4v) is 17.6. The largest absolute Gasteiger partial charge is 0.493 e. The highest BCUT2D eigenvalue weighted by molar-refractivity contribution is 6.88. The number of nitro benzene ring substituents is 1. The molecule has 224 valence electrons. The molecule has 0 amide bonds. The van der Waals surface area contributed by atoms with Crippen LogP contribution in [0.4, 0.5) is 5.69 Å². The molecule has 1 rings (SSSR count). The lowest BCUT2D eigenvalue weighted by Gasteiger charge is -2.40. The molecule has 0 N–H and O–H groups in total. The van der Waals surface area contributed by atoms with Crippen LogP contribution >= 0.6 is 0 Å². The monoisotopic (exact) mass is 601 g/mol. The van der Waals surface area contributed by atoms with Crippen molar-refractivity contribution in [2.75, 3.05) is 13.7 Å². The Morgan fingerprint density at radius 1 is 0.974 bits per heavy atom. The molecule has 1 aromatic rings. The Kier molecular flexibility index (Phi) is 13.9. The standard InChI is InChI=1S/C27H51NO8Si3/c1-12-13-14-16-27(29)34-22(4)23-19-25(32-5)26(20-24(23)28(30)31)33-17-15-18-37(6,7)35-39(10,11)36-38(8,9)21(2)3/h19-22H,12-18H2,1-11H3. The lowest BCUT2D eigenvalue weighted by molar-refractivity contribution is -0.386. The molecule has 12 heteroatoms. The van der Waals surface area contributed by atoms with Gasteiger partial charge in [-0.25, -0.2) is 0 Å². The van der Waals surface area contributed by atoms with Gasteiger partial charge >= 0.3 is 14.5 Å². The molecule has 0 saturated carbocycles. The van der Waals surface area contributed by atoms with Crippen LogP contribution < -0.4 is 9.47 Å². The molecule has 0 aromatic heterocycles. The summed E-state index contributed by atoms with van der Waals surface area (Å²) in [5, 5.41) is 11.9. The second kappa shape index (κ2) is 15.3. The third-order valence-electron chi connectivity index (χ3n) is 6.84. The first-order valence-electron chi connectivity index (χ1n) is 14.0. The minimum atomic E-state index is -2.28. The predicted molar refractivity (Wildman–Crippen MR) is 163 cm³/mol. The molecule has 1 aromatic carbocycles. The van der Waals surface area contributed by atoms with Gasteiger partial charge in [0.2, 0.25) is 0 Å². The molecule has 0 aliphatic heterocycles. The summed E-state index contributed by atoms with van der Waals surface area (Å²) in [6.07, 6.45) is 2.89. The smallest absolute Gasteiger partial charge is 0.311 e. The summed E-state index contributed by atoms with van der Waals surface area (Å²) in [6, 6.07) is 3.76. The van der Waals surface area contributed by atoms with Gasteiger partial charge in [0.15, 0.2) is 28.1 Å². The van der Waals surface area contributed by atoms with E-state index in [0.29, 0.717) is 17.9 Å². The average molecular weight is 602 g/mol. The SMILES string of the molecule is CCCCCC(=O)OC(C)c1cc(OC)c(OCCC[Si](C)(C)O[Si](C)(C)O[Si](C)(C)C(C)C)cc1[N+](=O)[O-]. The molecule has 39 heavy (non-hydrogen) atoms. The molecular weight excluding hydrogens is 551 g/mol. The van der Waals surface area contributed by atoms with Crippen LogP contribution in [-0.4, -0.2) is 49.8 Å². The summed E-state index contributed by atoms with van der Waals surface area (Å²) in [4.78, 5) is 23.6. The van der Waals surface area contributed by atoms with Gasteiger partial charge in [0.1, 0.15) is 6.10 Å². The summed E-state index contributed by atoms with van der Waals surface area (Å²) in [6.45, 7) is 21.6. The first-order chi connectivity index (χ1) is 17.9. The number of ether oxygens (including phenoxy) is 3. The predicted octanol–water partition coefficient (Wildman–Crippen LogP) is 8.11. The van der Waals surface area contributed by atoms with Crippen molar-refractivity contribution in [3.8, 4) is 11.5 Å². The number of benzene rings is 1. The van der Waals surface area contributed by atoms with E-state index >= 15 is 0 Å². The van der Waals surface area contributed by atoms with E-state index in [4.69, 9.17) is 22.4 Å². The zero-order chi connectivity index (χ0) is 30.0. The molecule has 0 spiro atoms. The first kappa shape index (κ1) is 35.3. The zero-order valence-corrected chi connectivity index (χ0v) is 29.0. The van der Waals surface area contributed by atoms with Crippen molar-refractivity contribution in [3.05, 3.63) is 27.8 Å². The highest BCUT2D eigenvalue weighted by atomic mass is 28.5. The average Bonchev–Trinajstić information content (AvgIpc) is 2.79. The minimum Gasteiger partial charge on any atom is -0.493 e. The van der Waals surface area contributed by atoms with E-state index < -0.39 is 36.2 Å². The van der Waals surface area contributed by atoms with Crippen LogP contribution in [0.1, 0.15) is 71.5 Å². The molecule has 0 saturated heterocycles. The second-order valence-electron chi connectivity index (χ2n) is 12.0. The summed E-state index contributed by atoms with van der Waals surface area (Å²) in [5.74, 6) is 0.280.